The van der Waals surface area contributed by atoms with Crippen molar-refractivity contribution in [2.75, 3.05) is 23.4 Å². The summed E-state index contributed by atoms with van der Waals surface area (Å²) in [6.45, 7) is 6.37. The van der Waals surface area contributed by atoms with Gasteiger partial charge in [-0.1, -0.05) is 12.1 Å². The Morgan fingerprint density at radius 3 is 3.00 bits per heavy atom. The molecule has 0 saturated carbocycles. The molecule has 0 atom stereocenters. The molecule has 0 amide bonds. The molecule has 0 spiro atoms. The van der Waals surface area contributed by atoms with E-state index in [1.54, 1.807) is 23.9 Å². The molecule has 0 heterocycles. The quantitative estimate of drug-likeness (QED) is 0.350. The molecular weight excluding hydrogens is 236 g/mol. The number of hydrogen-bond donors (Lipinski definition) is 1. The average molecular weight is 252 g/mol. The number of nitrogens with one attached hydrogen (secondary N) is 1. The van der Waals surface area contributed by atoms with Crippen molar-refractivity contribution in [1.29, 1.82) is 0 Å². The van der Waals surface area contributed by atoms with Gasteiger partial charge in [0.25, 0.3) is 5.69 Å². The fourth-order valence-corrected chi connectivity index (χ4v) is 1.92. The molecule has 0 fully saturated rings. The van der Waals surface area contributed by atoms with Crippen LogP contribution in [-0.2, 0) is 0 Å². The Morgan fingerprint density at radius 2 is 2.35 bits per heavy atom. The minimum absolute atomic E-state index is 0.122. The van der Waals surface area contributed by atoms with E-state index >= 15 is 0 Å². The van der Waals surface area contributed by atoms with E-state index < -0.39 is 0 Å². The van der Waals surface area contributed by atoms with Gasteiger partial charge in [-0.3, -0.25) is 10.1 Å². The number of benzene rings is 1. The van der Waals surface area contributed by atoms with Crippen molar-refractivity contribution in [3.63, 3.8) is 0 Å². The highest BCUT2D eigenvalue weighted by Gasteiger charge is 2.07. The summed E-state index contributed by atoms with van der Waals surface area (Å²) in [5.74, 6) is 1.88. The zero-order chi connectivity index (χ0) is 12.7. The van der Waals surface area contributed by atoms with Gasteiger partial charge in [0.2, 0.25) is 0 Å². The summed E-state index contributed by atoms with van der Waals surface area (Å²) in [6, 6.07) is 4.86. The number of nitro groups is 1. The van der Waals surface area contributed by atoms with Gasteiger partial charge in [-0.05, 0) is 12.5 Å². The molecule has 5 heteroatoms. The van der Waals surface area contributed by atoms with E-state index in [9.17, 15) is 10.1 Å². The molecule has 0 aliphatic carbocycles. The van der Waals surface area contributed by atoms with Crippen LogP contribution in [0.15, 0.2) is 30.9 Å². The number of hydrogen-bond acceptors (Lipinski definition) is 4. The van der Waals surface area contributed by atoms with Crippen LogP contribution < -0.4 is 5.32 Å². The van der Waals surface area contributed by atoms with Crippen molar-refractivity contribution in [3.05, 3.63) is 46.5 Å². The molecule has 92 valence electrons. The van der Waals surface area contributed by atoms with Gasteiger partial charge in [-0.2, -0.15) is 11.8 Å². The van der Waals surface area contributed by atoms with E-state index in [0.29, 0.717) is 0 Å². The Bertz CT molecular complexity index is 407. The minimum atomic E-state index is -0.378. The molecule has 1 N–H and O–H groups in total. The average Bonchev–Trinajstić information content (AvgIpc) is 2.30. The molecule has 0 unspecified atom stereocenters. The molecule has 0 aromatic heterocycles. The third-order valence-corrected chi connectivity index (χ3v) is 3.19. The summed E-state index contributed by atoms with van der Waals surface area (Å²) in [4.78, 5) is 10.3. The third kappa shape index (κ3) is 4.48. The van der Waals surface area contributed by atoms with Crippen LogP contribution in [0, 0.1) is 17.0 Å². The summed E-state index contributed by atoms with van der Waals surface area (Å²) in [7, 11) is 0. The number of nitrogens with zero attached hydrogens (tertiary/aromatic N) is 1. The molecule has 0 aliphatic rings. The van der Waals surface area contributed by atoms with Crippen LogP contribution in [0.5, 0.6) is 0 Å². The van der Waals surface area contributed by atoms with Crippen molar-refractivity contribution in [1.82, 2.24) is 0 Å². The summed E-state index contributed by atoms with van der Waals surface area (Å²) in [6.07, 6.45) is 1.86. The second-order valence-electron chi connectivity index (χ2n) is 3.55. The normalized spacial score (nSPS) is 9.94. The minimum Gasteiger partial charge on any atom is -0.384 e. The third-order valence-electron chi connectivity index (χ3n) is 2.23. The predicted octanol–water partition coefficient (Wildman–Crippen LogP) is 3.23. The Kier molecular flexibility index (Phi) is 5.56. The Morgan fingerprint density at radius 1 is 1.59 bits per heavy atom. The maximum atomic E-state index is 10.6. The number of thioether (sulfide) groups is 1. The van der Waals surface area contributed by atoms with Crippen molar-refractivity contribution in [3.8, 4) is 0 Å². The predicted molar refractivity (Wildman–Crippen MR) is 73.8 cm³/mol. The van der Waals surface area contributed by atoms with Crippen LogP contribution in [0.3, 0.4) is 0 Å². The lowest BCUT2D eigenvalue weighted by atomic mass is 10.2. The van der Waals surface area contributed by atoms with Crippen LogP contribution >= 0.6 is 11.8 Å². The number of rotatable bonds is 7. The second-order valence-corrected chi connectivity index (χ2v) is 4.70. The standard InChI is InChI=1S/C12H16N2O2S/c1-3-7-17-8-6-13-12-9-11(14(15)16)5-4-10(12)2/h3-5,9,13H,1,6-8H2,2H3. The van der Waals surface area contributed by atoms with Crippen LogP contribution in [0.1, 0.15) is 5.56 Å². The van der Waals surface area contributed by atoms with Crippen LogP contribution in [0.4, 0.5) is 11.4 Å². The maximum Gasteiger partial charge on any atom is 0.271 e. The smallest absolute Gasteiger partial charge is 0.271 e. The molecule has 0 bridgehead atoms. The summed E-state index contributed by atoms with van der Waals surface area (Å²) in [5, 5.41) is 13.8. The number of anilines is 1. The molecule has 0 aliphatic heterocycles. The van der Waals surface area contributed by atoms with E-state index in [1.165, 1.54) is 6.07 Å². The Hall–Kier alpha value is -1.49. The summed E-state index contributed by atoms with van der Waals surface area (Å²) >= 11 is 1.77. The molecule has 4 nitrogen and oxygen atoms in total. The lowest BCUT2D eigenvalue weighted by molar-refractivity contribution is -0.384. The first-order valence-corrected chi connectivity index (χ1v) is 6.48. The molecule has 1 aromatic carbocycles. The van der Waals surface area contributed by atoms with Gasteiger partial charge < -0.3 is 5.32 Å². The largest absolute Gasteiger partial charge is 0.384 e. The first-order chi connectivity index (χ1) is 8.15. The number of nitro benzene ring substituents is 1. The zero-order valence-electron chi connectivity index (χ0n) is 9.81. The maximum absolute atomic E-state index is 10.6. The van der Waals surface area contributed by atoms with Gasteiger partial charge in [-0.15, -0.1) is 6.58 Å². The molecule has 0 saturated heterocycles. The van der Waals surface area contributed by atoms with Gasteiger partial charge in [-0.25, -0.2) is 0 Å². The Labute approximate surface area is 105 Å². The topological polar surface area (TPSA) is 55.2 Å². The van der Waals surface area contributed by atoms with Crippen molar-refractivity contribution < 1.29 is 4.92 Å². The highest BCUT2D eigenvalue weighted by molar-refractivity contribution is 7.99. The monoisotopic (exact) mass is 252 g/mol. The molecule has 17 heavy (non-hydrogen) atoms. The zero-order valence-corrected chi connectivity index (χ0v) is 10.6. The summed E-state index contributed by atoms with van der Waals surface area (Å²) in [5.41, 5.74) is 1.97. The fourth-order valence-electron chi connectivity index (χ4n) is 1.34. The van der Waals surface area contributed by atoms with E-state index in [-0.39, 0.29) is 10.6 Å². The van der Waals surface area contributed by atoms with Gasteiger partial charge in [0.15, 0.2) is 0 Å². The number of aryl methyl sites for hydroxylation is 1. The van der Waals surface area contributed by atoms with Gasteiger partial charge in [0, 0.05) is 35.9 Å². The van der Waals surface area contributed by atoms with E-state index in [4.69, 9.17) is 0 Å². The Balaban J connectivity index is 2.54. The SMILES string of the molecule is C=CCSCCNc1cc([N+](=O)[O-])ccc1C. The van der Waals surface area contributed by atoms with Gasteiger partial charge in [0.05, 0.1) is 4.92 Å². The van der Waals surface area contributed by atoms with Crippen LogP contribution in [0.2, 0.25) is 0 Å². The molecule has 0 radical (unpaired) electrons. The van der Waals surface area contributed by atoms with Gasteiger partial charge in [0.1, 0.15) is 0 Å². The van der Waals surface area contributed by atoms with Crippen LogP contribution in [0.25, 0.3) is 0 Å². The van der Waals surface area contributed by atoms with Crippen molar-refractivity contribution in [2.45, 2.75) is 6.92 Å². The highest BCUT2D eigenvalue weighted by Crippen LogP contribution is 2.21. The first-order valence-electron chi connectivity index (χ1n) is 5.32. The lowest BCUT2D eigenvalue weighted by Gasteiger charge is -2.08. The lowest BCUT2D eigenvalue weighted by Crippen LogP contribution is -2.06. The second kappa shape index (κ2) is 6.96. The van der Waals surface area contributed by atoms with Crippen LogP contribution in [-0.4, -0.2) is 23.0 Å². The van der Waals surface area contributed by atoms with Gasteiger partial charge >= 0.3 is 0 Å². The highest BCUT2D eigenvalue weighted by atomic mass is 32.2. The number of non-ortho nitro benzene ring substituents is 1. The van der Waals surface area contributed by atoms with E-state index in [0.717, 1.165) is 29.3 Å². The van der Waals surface area contributed by atoms with Crippen molar-refractivity contribution >= 4 is 23.1 Å². The fraction of sp³-hybridized carbons (Fsp3) is 0.333. The molecule has 1 aromatic rings. The molecular formula is C12H16N2O2S. The summed E-state index contributed by atoms with van der Waals surface area (Å²) < 4.78 is 0. The first kappa shape index (κ1) is 13.6. The van der Waals surface area contributed by atoms with Crippen molar-refractivity contribution in [2.24, 2.45) is 0 Å². The van der Waals surface area contributed by atoms with E-state index in [1.807, 2.05) is 13.0 Å². The van der Waals surface area contributed by atoms with E-state index in [2.05, 4.69) is 11.9 Å². The molecule has 1 rings (SSSR count).